The molecular formula is C22H14N4S2. The molecule has 4 nitrogen and oxygen atoms in total. The highest BCUT2D eigenvalue weighted by Crippen LogP contribution is 2.30. The van der Waals surface area contributed by atoms with Crippen molar-refractivity contribution in [2.45, 2.75) is 0 Å². The topological polar surface area (TPSA) is 51.6 Å². The predicted octanol–water partition coefficient (Wildman–Crippen LogP) is 6.06. The fourth-order valence-electron chi connectivity index (χ4n) is 2.87. The molecule has 0 aliphatic heterocycles. The van der Waals surface area contributed by atoms with Crippen LogP contribution in [0.15, 0.2) is 84.9 Å². The zero-order chi connectivity index (χ0) is 18.8. The van der Waals surface area contributed by atoms with E-state index in [0.29, 0.717) is 0 Å². The maximum atomic E-state index is 4.71. The fourth-order valence-corrected chi connectivity index (χ4v) is 4.25. The summed E-state index contributed by atoms with van der Waals surface area (Å²) >= 11 is 2.82. The van der Waals surface area contributed by atoms with Gasteiger partial charge in [-0.15, -0.1) is 0 Å². The van der Waals surface area contributed by atoms with Gasteiger partial charge in [0.2, 0.25) is 0 Å². The highest BCUT2D eigenvalue weighted by Gasteiger charge is 2.12. The summed E-state index contributed by atoms with van der Waals surface area (Å²) in [4.78, 5) is 9.42. The van der Waals surface area contributed by atoms with Crippen LogP contribution < -0.4 is 0 Å². The Labute approximate surface area is 170 Å². The van der Waals surface area contributed by atoms with Crippen molar-refractivity contribution in [1.82, 2.24) is 18.7 Å². The SMILES string of the molecule is c1ccc(-c2nc(-c3cccc(-c4nsc(-c5ccccc5)n4)c3)ns2)cc1. The van der Waals surface area contributed by atoms with Gasteiger partial charge in [-0.2, -0.15) is 8.75 Å². The zero-order valence-corrected chi connectivity index (χ0v) is 16.3. The monoisotopic (exact) mass is 398 g/mol. The first-order valence-corrected chi connectivity index (χ1v) is 10.3. The zero-order valence-electron chi connectivity index (χ0n) is 14.7. The van der Waals surface area contributed by atoms with Gasteiger partial charge in [0.15, 0.2) is 11.6 Å². The number of nitrogens with zero attached hydrogens (tertiary/aromatic N) is 4. The molecule has 28 heavy (non-hydrogen) atoms. The lowest BCUT2D eigenvalue weighted by Crippen LogP contribution is -1.85. The number of rotatable bonds is 4. The van der Waals surface area contributed by atoms with Crippen LogP contribution in [0, 0.1) is 0 Å². The van der Waals surface area contributed by atoms with Crippen molar-refractivity contribution in [2.75, 3.05) is 0 Å². The van der Waals surface area contributed by atoms with Crippen LogP contribution in [-0.4, -0.2) is 18.7 Å². The quantitative estimate of drug-likeness (QED) is 0.369. The van der Waals surface area contributed by atoms with Gasteiger partial charge in [0.05, 0.1) is 0 Å². The molecule has 0 radical (unpaired) electrons. The number of hydrogen-bond donors (Lipinski definition) is 0. The van der Waals surface area contributed by atoms with Crippen molar-refractivity contribution in [3.05, 3.63) is 84.9 Å². The third-order valence-electron chi connectivity index (χ3n) is 4.27. The van der Waals surface area contributed by atoms with Crippen molar-refractivity contribution in [3.8, 4) is 43.9 Å². The van der Waals surface area contributed by atoms with Gasteiger partial charge in [-0.1, -0.05) is 78.9 Å². The molecule has 0 atom stereocenters. The maximum Gasteiger partial charge on any atom is 0.173 e. The van der Waals surface area contributed by atoms with E-state index in [1.807, 2.05) is 84.9 Å². The van der Waals surface area contributed by atoms with E-state index in [4.69, 9.17) is 9.97 Å². The first kappa shape index (κ1) is 16.9. The van der Waals surface area contributed by atoms with Crippen LogP contribution in [0.5, 0.6) is 0 Å². The summed E-state index contributed by atoms with van der Waals surface area (Å²) in [6, 6.07) is 28.3. The predicted molar refractivity (Wildman–Crippen MR) is 115 cm³/mol. The molecule has 0 amide bonds. The Morgan fingerprint density at radius 2 is 0.893 bits per heavy atom. The average Bonchev–Trinajstić information content (AvgIpc) is 3.46. The van der Waals surface area contributed by atoms with Crippen LogP contribution in [-0.2, 0) is 0 Å². The summed E-state index contributed by atoms with van der Waals surface area (Å²) < 4.78 is 9.09. The summed E-state index contributed by atoms with van der Waals surface area (Å²) in [7, 11) is 0. The molecule has 0 aliphatic rings. The van der Waals surface area contributed by atoms with E-state index in [1.165, 1.54) is 23.1 Å². The Hall–Kier alpha value is -3.22. The van der Waals surface area contributed by atoms with Gasteiger partial charge in [-0.3, -0.25) is 0 Å². The summed E-state index contributed by atoms with van der Waals surface area (Å²) in [5, 5.41) is 1.83. The van der Waals surface area contributed by atoms with Gasteiger partial charge in [0.25, 0.3) is 0 Å². The molecule has 0 saturated heterocycles. The normalized spacial score (nSPS) is 10.9. The van der Waals surface area contributed by atoms with E-state index in [9.17, 15) is 0 Å². The van der Waals surface area contributed by atoms with E-state index in [-0.39, 0.29) is 0 Å². The van der Waals surface area contributed by atoms with Gasteiger partial charge >= 0.3 is 0 Å². The molecule has 5 rings (SSSR count). The van der Waals surface area contributed by atoms with Crippen LogP contribution in [0.2, 0.25) is 0 Å². The number of aromatic nitrogens is 4. The van der Waals surface area contributed by atoms with Crippen LogP contribution in [0.1, 0.15) is 0 Å². The third kappa shape index (κ3) is 3.35. The molecule has 0 fully saturated rings. The molecule has 3 aromatic carbocycles. The Kier molecular flexibility index (Phi) is 4.48. The van der Waals surface area contributed by atoms with Crippen LogP contribution in [0.25, 0.3) is 43.9 Å². The second-order valence-electron chi connectivity index (χ2n) is 6.16. The van der Waals surface area contributed by atoms with E-state index >= 15 is 0 Å². The Balaban J connectivity index is 1.46. The van der Waals surface area contributed by atoms with Gasteiger partial charge in [-0.25, -0.2) is 9.97 Å². The van der Waals surface area contributed by atoms with Gasteiger partial charge in [-0.05, 0) is 29.1 Å². The highest BCUT2D eigenvalue weighted by atomic mass is 32.1. The number of hydrogen-bond acceptors (Lipinski definition) is 6. The minimum atomic E-state index is 0.726. The maximum absolute atomic E-state index is 4.71. The molecule has 5 aromatic rings. The molecule has 0 spiro atoms. The molecule has 134 valence electrons. The minimum Gasteiger partial charge on any atom is -0.215 e. The fraction of sp³-hybridized carbons (Fsp3) is 0. The van der Waals surface area contributed by atoms with Gasteiger partial charge < -0.3 is 0 Å². The molecule has 0 N–H and O–H groups in total. The van der Waals surface area contributed by atoms with E-state index in [1.54, 1.807) is 0 Å². The van der Waals surface area contributed by atoms with Crippen molar-refractivity contribution >= 4 is 23.1 Å². The summed E-state index contributed by atoms with van der Waals surface area (Å²) in [6.45, 7) is 0. The van der Waals surface area contributed by atoms with E-state index < -0.39 is 0 Å². The van der Waals surface area contributed by atoms with Crippen molar-refractivity contribution < 1.29 is 0 Å². The molecule has 0 aliphatic carbocycles. The van der Waals surface area contributed by atoms with Crippen molar-refractivity contribution in [3.63, 3.8) is 0 Å². The molecular weight excluding hydrogens is 384 g/mol. The number of benzene rings is 3. The minimum absolute atomic E-state index is 0.726. The summed E-state index contributed by atoms with van der Waals surface area (Å²) in [5.41, 5.74) is 4.09. The lowest BCUT2D eigenvalue weighted by molar-refractivity contribution is 1.30. The van der Waals surface area contributed by atoms with Gasteiger partial charge in [0, 0.05) is 22.3 Å². The van der Waals surface area contributed by atoms with E-state index in [0.717, 1.165) is 43.9 Å². The third-order valence-corrected chi connectivity index (χ3v) is 5.80. The van der Waals surface area contributed by atoms with Crippen LogP contribution in [0.4, 0.5) is 0 Å². The Morgan fingerprint density at radius 1 is 0.464 bits per heavy atom. The lowest BCUT2D eigenvalue weighted by Gasteiger charge is -1.99. The molecule has 0 saturated carbocycles. The van der Waals surface area contributed by atoms with Crippen molar-refractivity contribution in [2.24, 2.45) is 0 Å². The Bertz CT molecular complexity index is 1120. The summed E-state index contributed by atoms with van der Waals surface area (Å²) in [6.07, 6.45) is 0. The van der Waals surface area contributed by atoms with Crippen LogP contribution in [0.3, 0.4) is 0 Å². The Morgan fingerprint density at radius 3 is 1.36 bits per heavy atom. The molecule has 0 bridgehead atoms. The molecule has 0 unspecified atom stereocenters. The average molecular weight is 399 g/mol. The van der Waals surface area contributed by atoms with Gasteiger partial charge in [0.1, 0.15) is 10.0 Å². The highest BCUT2D eigenvalue weighted by molar-refractivity contribution is 7.09. The molecule has 6 heteroatoms. The smallest absolute Gasteiger partial charge is 0.173 e. The second kappa shape index (κ2) is 7.42. The molecule has 2 heterocycles. The van der Waals surface area contributed by atoms with E-state index in [2.05, 4.69) is 8.75 Å². The standard InChI is InChI=1S/C22H14N4S2/c1-3-8-15(9-4-1)21-23-19(25-27-21)17-12-7-13-18(14-17)20-24-22(28-26-20)16-10-5-2-6-11-16/h1-14H. The second-order valence-corrected chi connectivity index (χ2v) is 7.66. The molecule has 2 aromatic heterocycles. The summed E-state index contributed by atoms with van der Waals surface area (Å²) in [5.74, 6) is 1.45. The van der Waals surface area contributed by atoms with Crippen LogP contribution >= 0.6 is 23.1 Å². The lowest BCUT2D eigenvalue weighted by atomic mass is 10.1. The first-order chi connectivity index (χ1) is 13.9. The first-order valence-electron chi connectivity index (χ1n) is 8.76. The largest absolute Gasteiger partial charge is 0.215 e. The van der Waals surface area contributed by atoms with Crippen molar-refractivity contribution in [1.29, 1.82) is 0 Å².